The summed E-state index contributed by atoms with van der Waals surface area (Å²) >= 11 is 0. The second-order valence-corrected chi connectivity index (χ2v) is 8.54. The topological polar surface area (TPSA) is 39.9 Å². The molecule has 1 aliphatic carbocycles. The molecule has 1 aliphatic heterocycles. The Labute approximate surface area is 170 Å². The molecule has 4 rings (SSSR count). The number of aromatic nitrogens is 1. The Bertz CT molecular complexity index is 684. The van der Waals surface area contributed by atoms with E-state index in [4.69, 9.17) is 0 Å². The van der Waals surface area contributed by atoms with Crippen molar-refractivity contribution >= 4 is 23.3 Å². The van der Waals surface area contributed by atoms with Crippen molar-refractivity contribution in [3.63, 3.8) is 0 Å². The van der Waals surface area contributed by atoms with Crippen LogP contribution in [0.5, 0.6) is 0 Å². The van der Waals surface area contributed by atoms with Gasteiger partial charge in [-0.1, -0.05) is 25.1 Å². The molecule has 2 atom stereocenters. The van der Waals surface area contributed by atoms with Crippen LogP contribution in [0.2, 0.25) is 0 Å². The van der Waals surface area contributed by atoms with Gasteiger partial charge < -0.3 is 15.6 Å². The maximum Gasteiger partial charge on any atom is 0.0456 e. The summed E-state index contributed by atoms with van der Waals surface area (Å²) in [6, 6.07) is 9.46. The summed E-state index contributed by atoms with van der Waals surface area (Å²) < 4.78 is 0. The first-order chi connectivity index (χ1) is 12.8. The fourth-order valence-corrected chi connectivity index (χ4v) is 5.29. The van der Waals surface area contributed by atoms with Crippen molar-refractivity contribution in [2.24, 2.45) is 11.8 Å². The van der Waals surface area contributed by atoms with Crippen molar-refractivity contribution in [1.82, 2.24) is 15.6 Å². The third-order valence-electron chi connectivity index (χ3n) is 6.92. The number of fused-ring (bicyclic) bond motifs is 1. The summed E-state index contributed by atoms with van der Waals surface area (Å²) in [5.41, 5.74) is 2.84. The molecular formula is C23H36ClN3. The van der Waals surface area contributed by atoms with Crippen molar-refractivity contribution in [1.29, 1.82) is 0 Å². The molecular weight excluding hydrogens is 354 g/mol. The zero-order valence-corrected chi connectivity index (χ0v) is 17.5. The Kier molecular flexibility index (Phi) is 7.63. The highest BCUT2D eigenvalue weighted by atomic mass is 35.5. The molecule has 1 aromatic heterocycles. The molecule has 2 fully saturated rings. The van der Waals surface area contributed by atoms with Gasteiger partial charge in [0.25, 0.3) is 0 Å². The van der Waals surface area contributed by atoms with Crippen LogP contribution in [-0.2, 0) is 0 Å². The van der Waals surface area contributed by atoms with Crippen LogP contribution >= 0.6 is 12.4 Å². The summed E-state index contributed by atoms with van der Waals surface area (Å²) in [7, 11) is 0. The zero-order valence-electron chi connectivity index (χ0n) is 16.7. The SMILES string of the molecule is CCC(NCC1CCC(c2c[nH]c3ccccc23)CC1)C1CCCNC1.Cl. The van der Waals surface area contributed by atoms with Crippen LogP contribution in [0.15, 0.2) is 30.5 Å². The van der Waals surface area contributed by atoms with Crippen molar-refractivity contribution < 1.29 is 0 Å². The molecule has 1 aromatic carbocycles. The molecule has 0 spiro atoms. The number of hydrogen-bond donors (Lipinski definition) is 3. The largest absolute Gasteiger partial charge is 0.361 e. The number of nitrogens with one attached hydrogen (secondary N) is 3. The molecule has 27 heavy (non-hydrogen) atoms. The number of benzene rings is 1. The van der Waals surface area contributed by atoms with E-state index in [1.54, 1.807) is 5.56 Å². The second kappa shape index (κ2) is 9.95. The Morgan fingerprint density at radius 2 is 1.93 bits per heavy atom. The van der Waals surface area contributed by atoms with Gasteiger partial charge in [-0.05, 0) is 94.0 Å². The lowest BCUT2D eigenvalue weighted by Gasteiger charge is -2.34. The highest BCUT2D eigenvalue weighted by molar-refractivity contribution is 5.85. The maximum atomic E-state index is 3.94. The van der Waals surface area contributed by atoms with Gasteiger partial charge >= 0.3 is 0 Å². The molecule has 2 aromatic rings. The predicted octanol–water partition coefficient (Wildman–Crippen LogP) is 5.23. The average Bonchev–Trinajstić information content (AvgIpc) is 3.14. The quantitative estimate of drug-likeness (QED) is 0.632. The van der Waals surface area contributed by atoms with E-state index >= 15 is 0 Å². The minimum atomic E-state index is 0. The highest BCUT2D eigenvalue weighted by Crippen LogP contribution is 2.38. The highest BCUT2D eigenvalue weighted by Gasteiger charge is 2.26. The Morgan fingerprint density at radius 3 is 2.67 bits per heavy atom. The molecule has 0 radical (unpaired) electrons. The van der Waals surface area contributed by atoms with Crippen molar-refractivity contribution in [3.8, 4) is 0 Å². The van der Waals surface area contributed by atoms with Gasteiger partial charge in [0.05, 0.1) is 0 Å². The van der Waals surface area contributed by atoms with E-state index in [1.807, 2.05) is 0 Å². The molecule has 2 unspecified atom stereocenters. The van der Waals surface area contributed by atoms with Gasteiger partial charge in [-0.15, -0.1) is 12.4 Å². The van der Waals surface area contributed by atoms with E-state index in [-0.39, 0.29) is 12.4 Å². The summed E-state index contributed by atoms with van der Waals surface area (Å²) in [5, 5.41) is 8.96. The number of H-pyrrole nitrogens is 1. The molecule has 3 nitrogen and oxygen atoms in total. The number of para-hydroxylation sites is 1. The van der Waals surface area contributed by atoms with Gasteiger partial charge in [-0.2, -0.15) is 0 Å². The maximum absolute atomic E-state index is 3.94. The van der Waals surface area contributed by atoms with Crippen LogP contribution in [0.1, 0.15) is 63.4 Å². The van der Waals surface area contributed by atoms with Crippen molar-refractivity contribution in [2.75, 3.05) is 19.6 Å². The summed E-state index contributed by atoms with van der Waals surface area (Å²) in [5.74, 6) is 2.44. The van der Waals surface area contributed by atoms with E-state index < -0.39 is 0 Å². The van der Waals surface area contributed by atoms with Gasteiger partial charge in [-0.3, -0.25) is 0 Å². The Morgan fingerprint density at radius 1 is 1.11 bits per heavy atom. The van der Waals surface area contributed by atoms with E-state index in [1.165, 1.54) is 75.5 Å². The summed E-state index contributed by atoms with van der Waals surface area (Å²) in [6.45, 7) is 5.99. The fourth-order valence-electron chi connectivity index (χ4n) is 5.29. The van der Waals surface area contributed by atoms with Crippen LogP contribution in [0.3, 0.4) is 0 Å². The zero-order chi connectivity index (χ0) is 17.8. The van der Waals surface area contributed by atoms with Crippen LogP contribution in [0.4, 0.5) is 0 Å². The van der Waals surface area contributed by atoms with Crippen LogP contribution in [0.25, 0.3) is 10.9 Å². The normalized spacial score (nSPS) is 27.2. The van der Waals surface area contributed by atoms with Gasteiger partial charge in [-0.25, -0.2) is 0 Å². The number of piperidine rings is 1. The first-order valence-corrected chi connectivity index (χ1v) is 10.8. The van der Waals surface area contributed by atoms with Crippen molar-refractivity contribution in [3.05, 3.63) is 36.0 Å². The van der Waals surface area contributed by atoms with E-state index in [2.05, 4.69) is 53.0 Å². The molecule has 2 heterocycles. The van der Waals surface area contributed by atoms with E-state index in [9.17, 15) is 0 Å². The Balaban J connectivity index is 0.00000210. The lowest BCUT2D eigenvalue weighted by molar-refractivity contribution is 0.246. The molecule has 0 bridgehead atoms. The van der Waals surface area contributed by atoms with E-state index in [0.29, 0.717) is 6.04 Å². The summed E-state index contributed by atoms with van der Waals surface area (Å²) in [6.07, 6.45) is 11.7. The van der Waals surface area contributed by atoms with Crippen LogP contribution in [0, 0.1) is 11.8 Å². The first kappa shape index (κ1) is 20.7. The van der Waals surface area contributed by atoms with Crippen LogP contribution < -0.4 is 10.6 Å². The molecule has 2 aliphatic rings. The third-order valence-corrected chi connectivity index (χ3v) is 6.92. The molecule has 4 heteroatoms. The number of aromatic amines is 1. The first-order valence-electron chi connectivity index (χ1n) is 10.8. The van der Waals surface area contributed by atoms with Gasteiger partial charge in [0.2, 0.25) is 0 Å². The molecule has 150 valence electrons. The number of hydrogen-bond acceptors (Lipinski definition) is 2. The fraction of sp³-hybridized carbons (Fsp3) is 0.652. The molecule has 3 N–H and O–H groups in total. The molecule has 1 saturated heterocycles. The number of halogens is 1. The van der Waals surface area contributed by atoms with Gasteiger partial charge in [0, 0.05) is 23.1 Å². The monoisotopic (exact) mass is 389 g/mol. The lowest BCUT2D eigenvalue weighted by Crippen LogP contribution is -2.45. The minimum absolute atomic E-state index is 0. The Hall–Kier alpha value is -1.03. The smallest absolute Gasteiger partial charge is 0.0456 e. The van der Waals surface area contributed by atoms with Gasteiger partial charge in [0.15, 0.2) is 0 Å². The van der Waals surface area contributed by atoms with Crippen LogP contribution in [-0.4, -0.2) is 30.7 Å². The summed E-state index contributed by atoms with van der Waals surface area (Å²) in [4.78, 5) is 3.46. The van der Waals surface area contributed by atoms with Crippen molar-refractivity contribution in [2.45, 2.75) is 63.8 Å². The average molecular weight is 390 g/mol. The lowest BCUT2D eigenvalue weighted by atomic mass is 9.78. The minimum Gasteiger partial charge on any atom is -0.361 e. The standard InChI is InChI=1S/C23H35N3.ClH/c1-2-22(19-6-5-13-24-15-19)25-14-17-9-11-18(12-10-17)21-16-26-23-8-4-3-7-20(21)23;/h3-4,7-8,16-19,22,24-26H,2,5-6,9-15H2,1H3;1H. The third kappa shape index (κ3) is 4.88. The molecule has 0 amide bonds. The second-order valence-electron chi connectivity index (χ2n) is 8.54. The predicted molar refractivity (Wildman–Crippen MR) is 118 cm³/mol. The molecule has 1 saturated carbocycles. The number of rotatable bonds is 6. The van der Waals surface area contributed by atoms with Gasteiger partial charge in [0.1, 0.15) is 0 Å². The van der Waals surface area contributed by atoms with E-state index in [0.717, 1.165) is 17.8 Å².